The molecule has 90 valence electrons. The van der Waals surface area contributed by atoms with Crippen molar-refractivity contribution in [3.63, 3.8) is 0 Å². The summed E-state index contributed by atoms with van der Waals surface area (Å²) in [6.07, 6.45) is 2.31. The van der Waals surface area contributed by atoms with Gasteiger partial charge in [0.05, 0.1) is 0 Å². The van der Waals surface area contributed by atoms with Gasteiger partial charge in [0.1, 0.15) is 0 Å². The van der Waals surface area contributed by atoms with Crippen LogP contribution in [0.15, 0.2) is 24.3 Å². The lowest BCUT2D eigenvalue weighted by atomic mass is 9.94. The first-order valence-electron chi connectivity index (χ1n) is 6.51. The van der Waals surface area contributed by atoms with Gasteiger partial charge in [0, 0.05) is 6.04 Å². The number of rotatable bonds is 6. The van der Waals surface area contributed by atoms with Gasteiger partial charge in [0.15, 0.2) is 0 Å². The maximum absolute atomic E-state index is 3.64. The van der Waals surface area contributed by atoms with Crippen LogP contribution in [-0.2, 0) is 6.42 Å². The van der Waals surface area contributed by atoms with E-state index in [0.29, 0.717) is 12.0 Å². The van der Waals surface area contributed by atoms with E-state index in [9.17, 15) is 0 Å². The lowest BCUT2D eigenvalue weighted by Crippen LogP contribution is -2.26. The second-order valence-corrected chi connectivity index (χ2v) is 4.77. The van der Waals surface area contributed by atoms with Crippen LogP contribution in [-0.4, -0.2) is 6.54 Å². The predicted molar refractivity (Wildman–Crippen MR) is 71.7 cm³/mol. The second-order valence-electron chi connectivity index (χ2n) is 4.77. The number of benzene rings is 1. The van der Waals surface area contributed by atoms with E-state index >= 15 is 0 Å². The first kappa shape index (κ1) is 13.2. The van der Waals surface area contributed by atoms with Crippen molar-refractivity contribution >= 4 is 0 Å². The summed E-state index contributed by atoms with van der Waals surface area (Å²) in [5, 5.41) is 3.64. The van der Waals surface area contributed by atoms with Crippen molar-refractivity contribution in [2.75, 3.05) is 6.54 Å². The maximum Gasteiger partial charge on any atom is 0.0343 e. The van der Waals surface area contributed by atoms with Gasteiger partial charge in [-0.3, -0.25) is 0 Å². The Bertz CT molecular complexity index is 304. The molecule has 16 heavy (non-hydrogen) atoms. The smallest absolute Gasteiger partial charge is 0.0343 e. The van der Waals surface area contributed by atoms with Crippen LogP contribution in [0.4, 0.5) is 0 Å². The number of hydrogen-bond donors (Lipinski definition) is 1. The summed E-state index contributed by atoms with van der Waals surface area (Å²) < 4.78 is 0. The van der Waals surface area contributed by atoms with Gasteiger partial charge in [0.2, 0.25) is 0 Å². The summed E-state index contributed by atoms with van der Waals surface area (Å²) in [4.78, 5) is 0. The second kappa shape index (κ2) is 6.70. The summed E-state index contributed by atoms with van der Waals surface area (Å²) in [5.74, 6) is 0.638. The molecule has 0 aromatic heterocycles. The Labute approximate surface area is 100 Å². The fourth-order valence-corrected chi connectivity index (χ4v) is 2.04. The zero-order chi connectivity index (χ0) is 12.0. The lowest BCUT2D eigenvalue weighted by Gasteiger charge is -2.23. The van der Waals surface area contributed by atoms with E-state index in [0.717, 1.165) is 13.0 Å². The third kappa shape index (κ3) is 3.64. The van der Waals surface area contributed by atoms with E-state index < -0.39 is 0 Å². The van der Waals surface area contributed by atoms with Crippen molar-refractivity contribution in [2.24, 2.45) is 5.92 Å². The number of hydrogen-bond acceptors (Lipinski definition) is 1. The van der Waals surface area contributed by atoms with E-state index in [1.54, 1.807) is 0 Å². The van der Waals surface area contributed by atoms with Crippen LogP contribution in [0.2, 0.25) is 0 Å². The Kier molecular flexibility index (Phi) is 5.54. The third-order valence-electron chi connectivity index (χ3n) is 3.00. The Balaban J connectivity index is 2.82. The van der Waals surface area contributed by atoms with E-state index in [4.69, 9.17) is 0 Å². The molecule has 0 aliphatic rings. The minimum absolute atomic E-state index is 0.492. The molecule has 0 heterocycles. The van der Waals surface area contributed by atoms with Gasteiger partial charge in [-0.1, -0.05) is 52.0 Å². The van der Waals surface area contributed by atoms with E-state index in [1.807, 2.05) is 0 Å². The highest BCUT2D eigenvalue weighted by molar-refractivity contribution is 5.26. The zero-order valence-electron chi connectivity index (χ0n) is 11.1. The molecule has 1 heteroatoms. The molecule has 0 aliphatic heterocycles. The Hall–Kier alpha value is -0.820. The van der Waals surface area contributed by atoms with Gasteiger partial charge < -0.3 is 5.32 Å². The Morgan fingerprint density at radius 1 is 1.19 bits per heavy atom. The summed E-state index contributed by atoms with van der Waals surface area (Å²) in [7, 11) is 0. The SMILES string of the molecule is CCCNC(c1cccc(CC)c1)C(C)C. The Morgan fingerprint density at radius 2 is 1.94 bits per heavy atom. The van der Waals surface area contributed by atoms with Crippen LogP contribution in [0.25, 0.3) is 0 Å². The molecule has 0 spiro atoms. The molecule has 0 fully saturated rings. The molecule has 0 saturated carbocycles. The van der Waals surface area contributed by atoms with Gasteiger partial charge >= 0.3 is 0 Å². The van der Waals surface area contributed by atoms with Gasteiger partial charge in [-0.2, -0.15) is 0 Å². The van der Waals surface area contributed by atoms with Gasteiger partial charge in [-0.25, -0.2) is 0 Å². The van der Waals surface area contributed by atoms with Crippen molar-refractivity contribution in [3.05, 3.63) is 35.4 Å². The minimum atomic E-state index is 0.492. The molecule has 1 aromatic rings. The molecule has 0 radical (unpaired) electrons. The van der Waals surface area contributed by atoms with Crippen molar-refractivity contribution in [1.82, 2.24) is 5.32 Å². The van der Waals surface area contributed by atoms with E-state index in [2.05, 4.69) is 57.3 Å². The molecule has 0 saturated heterocycles. The largest absolute Gasteiger partial charge is 0.310 e. The normalized spacial score (nSPS) is 13.1. The van der Waals surface area contributed by atoms with E-state index in [-0.39, 0.29) is 0 Å². The van der Waals surface area contributed by atoms with Gasteiger partial charge in [-0.05, 0) is 36.4 Å². The highest BCUT2D eigenvalue weighted by atomic mass is 14.9. The van der Waals surface area contributed by atoms with Crippen molar-refractivity contribution < 1.29 is 0 Å². The lowest BCUT2D eigenvalue weighted by molar-refractivity contribution is 0.412. The maximum atomic E-state index is 3.64. The standard InChI is InChI=1S/C15H25N/c1-5-10-16-15(12(3)4)14-9-7-8-13(6-2)11-14/h7-9,11-12,15-16H,5-6,10H2,1-4H3. The molecule has 1 unspecified atom stereocenters. The molecular formula is C15H25N. The van der Waals surface area contributed by atoms with Crippen LogP contribution in [0.3, 0.4) is 0 Å². The molecule has 1 atom stereocenters. The summed E-state index contributed by atoms with van der Waals surface area (Å²) >= 11 is 0. The molecule has 0 bridgehead atoms. The van der Waals surface area contributed by atoms with Crippen LogP contribution in [0, 0.1) is 5.92 Å². The van der Waals surface area contributed by atoms with Crippen LogP contribution < -0.4 is 5.32 Å². The first-order valence-corrected chi connectivity index (χ1v) is 6.51. The monoisotopic (exact) mass is 219 g/mol. The molecule has 0 aliphatic carbocycles. The van der Waals surface area contributed by atoms with Crippen molar-refractivity contribution in [1.29, 1.82) is 0 Å². The first-order chi connectivity index (χ1) is 7.69. The highest BCUT2D eigenvalue weighted by Crippen LogP contribution is 2.22. The molecular weight excluding hydrogens is 194 g/mol. The molecule has 1 N–H and O–H groups in total. The van der Waals surface area contributed by atoms with Crippen LogP contribution in [0.5, 0.6) is 0 Å². The van der Waals surface area contributed by atoms with Crippen molar-refractivity contribution in [2.45, 2.75) is 46.6 Å². The molecule has 0 amide bonds. The molecule has 1 nitrogen and oxygen atoms in total. The van der Waals surface area contributed by atoms with Gasteiger partial charge in [0.25, 0.3) is 0 Å². The fraction of sp³-hybridized carbons (Fsp3) is 0.600. The average molecular weight is 219 g/mol. The summed E-state index contributed by atoms with van der Waals surface area (Å²) in [6, 6.07) is 9.46. The van der Waals surface area contributed by atoms with Gasteiger partial charge in [-0.15, -0.1) is 0 Å². The quantitative estimate of drug-likeness (QED) is 0.764. The predicted octanol–water partition coefficient (Wildman–Crippen LogP) is 3.95. The number of nitrogens with one attached hydrogen (secondary N) is 1. The molecule has 1 aromatic carbocycles. The summed E-state index contributed by atoms with van der Waals surface area (Å²) in [5.41, 5.74) is 2.87. The van der Waals surface area contributed by atoms with Crippen LogP contribution in [0.1, 0.15) is 51.3 Å². The average Bonchev–Trinajstić information content (AvgIpc) is 2.29. The van der Waals surface area contributed by atoms with Crippen molar-refractivity contribution in [3.8, 4) is 0 Å². The fourth-order valence-electron chi connectivity index (χ4n) is 2.04. The summed E-state index contributed by atoms with van der Waals surface area (Å²) in [6.45, 7) is 10.1. The minimum Gasteiger partial charge on any atom is -0.310 e. The van der Waals surface area contributed by atoms with E-state index in [1.165, 1.54) is 17.5 Å². The highest BCUT2D eigenvalue weighted by Gasteiger charge is 2.14. The third-order valence-corrected chi connectivity index (χ3v) is 3.00. The zero-order valence-corrected chi connectivity index (χ0v) is 11.1. The number of aryl methyl sites for hydroxylation is 1. The molecule has 1 rings (SSSR count). The van der Waals surface area contributed by atoms with Crippen LogP contribution >= 0.6 is 0 Å². The topological polar surface area (TPSA) is 12.0 Å². The Morgan fingerprint density at radius 3 is 2.50 bits per heavy atom.